The zero-order valence-corrected chi connectivity index (χ0v) is 16.5. The Hall–Kier alpha value is -3.33. The molecule has 0 saturated carbocycles. The number of rotatable bonds is 6. The lowest BCUT2D eigenvalue weighted by atomic mass is 10.2. The Morgan fingerprint density at radius 1 is 1.24 bits per heavy atom. The van der Waals surface area contributed by atoms with E-state index in [4.69, 9.17) is 13.9 Å². The highest BCUT2D eigenvalue weighted by atomic mass is 32.1. The molecule has 0 radical (unpaired) electrons. The number of amides is 2. The number of nitrogens with one attached hydrogen (secondary N) is 1. The lowest BCUT2D eigenvalue weighted by Gasteiger charge is -2.26. The van der Waals surface area contributed by atoms with Gasteiger partial charge in [-0.3, -0.25) is 14.9 Å². The summed E-state index contributed by atoms with van der Waals surface area (Å²) >= 11 is 1.38. The SMILES string of the molecule is COc1ccc(OCC(=O)N2CCc3nc(NC(=O)c4ccoc4)sc3C2)cc1. The number of ether oxygens (including phenoxy) is 2. The van der Waals surface area contributed by atoms with Gasteiger partial charge in [-0.05, 0) is 30.3 Å². The minimum Gasteiger partial charge on any atom is -0.497 e. The van der Waals surface area contributed by atoms with Crippen LogP contribution in [0, 0.1) is 0 Å². The van der Waals surface area contributed by atoms with E-state index in [2.05, 4.69) is 10.3 Å². The van der Waals surface area contributed by atoms with Crippen LogP contribution in [0.5, 0.6) is 11.5 Å². The van der Waals surface area contributed by atoms with E-state index >= 15 is 0 Å². The predicted molar refractivity (Wildman–Crippen MR) is 106 cm³/mol. The van der Waals surface area contributed by atoms with Gasteiger partial charge in [0.2, 0.25) is 0 Å². The number of furan rings is 1. The molecular formula is C20H19N3O5S. The van der Waals surface area contributed by atoms with E-state index in [0.29, 0.717) is 36.0 Å². The summed E-state index contributed by atoms with van der Waals surface area (Å²) in [6.07, 6.45) is 3.47. The van der Waals surface area contributed by atoms with Crippen LogP contribution in [0.25, 0.3) is 0 Å². The number of nitrogens with zero attached hydrogens (tertiary/aromatic N) is 2. The van der Waals surface area contributed by atoms with Crippen molar-refractivity contribution in [2.75, 3.05) is 25.6 Å². The molecule has 0 fully saturated rings. The topological polar surface area (TPSA) is 93.9 Å². The highest BCUT2D eigenvalue weighted by Gasteiger charge is 2.25. The first-order chi connectivity index (χ1) is 14.1. The van der Waals surface area contributed by atoms with E-state index < -0.39 is 0 Å². The highest BCUT2D eigenvalue weighted by molar-refractivity contribution is 7.15. The van der Waals surface area contributed by atoms with Crippen molar-refractivity contribution in [2.24, 2.45) is 0 Å². The van der Waals surface area contributed by atoms with E-state index in [-0.39, 0.29) is 18.4 Å². The number of hydrogen-bond acceptors (Lipinski definition) is 7. The standard InChI is InChI=1S/C20H19N3O5S/c1-26-14-2-4-15(5-3-14)28-12-18(24)23-8-6-16-17(10-23)29-20(21-16)22-19(25)13-7-9-27-11-13/h2-5,7,9,11H,6,8,10,12H2,1H3,(H,21,22,25). The number of hydrogen-bond donors (Lipinski definition) is 1. The smallest absolute Gasteiger partial charge is 0.260 e. The third-order valence-corrected chi connectivity index (χ3v) is 5.51. The summed E-state index contributed by atoms with van der Waals surface area (Å²) in [5.74, 6) is 0.974. The second kappa shape index (κ2) is 8.36. The van der Waals surface area contributed by atoms with Crippen LogP contribution in [0.2, 0.25) is 0 Å². The number of thiazole rings is 1. The molecule has 0 atom stereocenters. The maximum Gasteiger partial charge on any atom is 0.260 e. The molecular weight excluding hydrogens is 394 g/mol. The minimum atomic E-state index is -0.273. The monoisotopic (exact) mass is 413 g/mol. The first kappa shape index (κ1) is 19.0. The molecule has 1 aliphatic heterocycles. The number of carbonyl (C=O) groups excluding carboxylic acids is 2. The van der Waals surface area contributed by atoms with Crippen molar-refractivity contribution in [1.29, 1.82) is 0 Å². The van der Waals surface area contributed by atoms with Crippen molar-refractivity contribution in [2.45, 2.75) is 13.0 Å². The van der Waals surface area contributed by atoms with Gasteiger partial charge in [-0.1, -0.05) is 11.3 Å². The average molecular weight is 413 g/mol. The molecule has 8 nitrogen and oxygen atoms in total. The molecule has 150 valence electrons. The van der Waals surface area contributed by atoms with Gasteiger partial charge in [0.25, 0.3) is 11.8 Å². The molecule has 0 unspecified atom stereocenters. The molecule has 3 aromatic rings. The second-order valence-electron chi connectivity index (χ2n) is 6.38. The van der Waals surface area contributed by atoms with Gasteiger partial charge in [0, 0.05) is 17.8 Å². The highest BCUT2D eigenvalue weighted by Crippen LogP contribution is 2.29. The number of anilines is 1. The maximum atomic E-state index is 12.5. The number of benzene rings is 1. The Bertz CT molecular complexity index is 998. The number of aromatic nitrogens is 1. The Balaban J connectivity index is 1.33. The van der Waals surface area contributed by atoms with E-state index in [1.54, 1.807) is 42.3 Å². The molecule has 1 N–H and O–H groups in total. The van der Waals surface area contributed by atoms with Crippen molar-refractivity contribution in [3.8, 4) is 11.5 Å². The van der Waals surface area contributed by atoms with Gasteiger partial charge in [-0.15, -0.1) is 0 Å². The van der Waals surface area contributed by atoms with E-state index in [9.17, 15) is 9.59 Å². The van der Waals surface area contributed by atoms with Crippen LogP contribution >= 0.6 is 11.3 Å². The van der Waals surface area contributed by atoms with Gasteiger partial charge in [-0.25, -0.2) is 4.98 Å². The molecule has 0 aliphatic carbocycles. The van der Waals surface area contributed by atoms with Crippen molar-refractivity contribution in [1.82, 2.24) is 9.88 Å². The summed E-state index contributed by atoms with van der Waals surface area (Å²) in [7, 11) is 1.59. The minimum absolute atomic E-state index is 0.0372. The van der Waals surface area contributed by atoms with Gasteiger partial charge in [-0.2, -0.15) is 0 Å². The van der Waals surface area contributed by atoms with Crippen LogP contribution < -0.4 is 14.8 Å². The fraction of sp³-hybridized carbons (Fsp3) is 0.250. The fourth-order valence-corrected chi connectivity index (χ4v) is 3.95. The molecule has 3 heterocycles. The van der Waals surface area contributed by atoms with Crippen molar-refractivity contribution >= 4 is 28.3 Å². The Kier molecular flexibility index (Phi) is 5.48. The molecule has 4 rings (SSSR count). The molecule has 2 aromatic heterocycles. The number of methoxy groups -OCH3 is 1. The summed E-state index contributed by atoms with van der Waals surface area (Å²) in [4.78, 5) is 31.8. The number of fused-ring (bicyclic) bond motifs is 1. The summed E-state index contributed by atoms with van der Waals surface area (Å²) in [6.45, 7) is 0.987. The lowest BCUT2D eigenvalue weighted by molar-refractivity contribution is -0.134. The summed E-state index contributed by atoms with van der Waals surface area (Å²) in [6, 6.07) is 8.68. The van der Waals surface area contributed by atoms with Crippen LogP contribution in [-0.4, -0.2) is 42.0 Å². The van der Waals surface area contributed by atoms with Crippen molar-refractivity contribution < 1.29 is 23.5 Å². The molecule has 9 heteroatoms. The van der Waals surface area contributed by atoms with Gasteiger partial charge < -0.3 is 18.8 Å². The predicted octanol–water partition coefficient (Wildman–Crippen LogP) is 2.96. The van der Waals surface area contributed by atoms with Crippen LogP contribution in [0.1, 0.15) is 20.9 Å². The van der Waals surface area contributed by atoms with Gasteiger partial charge in [0.1, 0.15) is 17.8 Å². The zero-order valence-electron chi connectivity index (χ0n) is 15.7. The summed E-state index contributed by atoms with van der Waals surface area (Å²) < 4.78 is 15.6. The normalized spacial score (nSPS) is 12.9. The van der Waals surface area contributed by atoms with Crippen LogP contribution in [0.15, 0.2) is 47.3 Å². The molecule has 0 spiro atoms. The Morgan fingerprint density at radius 3 is 2.76 bits per heavy atom. The van der Waals surface area contributed by atoms with Crippen LogP contribution in [-0.2, 0) is 17.8 Å². The number of carbonyl (C=O) groups is 2. The molecule has 29 heavy (non-hydrogen) atoms. The summed E-state index contributed by atoms with van der Waals surface area (Å²) in [5.41, 5.74) is 1.35. The Morgan fingerprint density at radius 2 is 2.03 bits per heavy atom. The van der Waals surface area contributed by atoms with Crippen LogP contribution in [0.4, 0.5) is 5.13 Å². The van der Waals surface area contributed by atoms with E-state index in [1.807, 2.05) is 0 Å². The Labute approximate surface area is 171 Å². The van der Waals surface area contributed by atoms with E-state index in [1.165, 1.54) is 23.9 Å². The molecule has 0 saturated heterocycles. The van der Waals surface area contributed by atoms with E-state index in [0.717, 1.165) is 16.3 Å². The third kappa shape index (κ3) is 4.40. The molecule has 1 aromatic carbocycles. The van der Waals surface area contributed by atoms with Gasteiger partial charge >= 0.3 is 0 Å². The van der Waals surface area contributed by atoms with Gasteiger partial charge in [0.15, 0.2) is 11.7 Å². The van der Waals surface area contributed by atoms with Gasteiger partial charge in [0.05, 0.1) is 31.2 Å². The van der Waals surface area contributed by atoms with Crippen molar-refractivity contribution in [3.05, 3.63) is 59.0 Å². The fourth-order valence-electron chi connectivity index (χ4n) is 2.93. The molecule has 2 amide bonds. The van der Waals surface area contributed by atoms with Crippen molar-refractivity contribution in [3.63, 3.8) is 0 Å². The quantitative estimate of drug-likeness (QED) is 0.668. The maximum absolute atomic E-state index is 12.5. The largest absolute Gasteiger partial charge is 0.497 e. The molecule has 1 aliphatic rings. The second-order valence-corrected chi connectivity index (χ2v) is 7.47. The summed E-state index contributed by atoms with van der Waals surface area (Å²) in [5, 5.41) is 3.29. The average Bonchev–Trinajstić information content (AvgIpc) is 3.41. The zero-order chi connectivity index (χ0) is 20.2. The first-order valence-electron chi connectivity index (χ1n) is 8.99. The first-order valence-corrected chi connectivity index (χ1v) is 9.81. The van der Waals surface area contributed by atoms with Crippen LogP contribution in [0.3, 0.4) is 0 Å². The molecule has 0 bridgehead atoms. The lowest BCUT2D eigenvalue weighted by Crippen LogP contribution is -2.38. The third-order valence-electron chi connectivity index (χ3n) is 4.51.